The molecule has 1 fully saturated rings. The van der Waals surface area contributed by atoms with Crippen molar-refractivity contribution in [3.63, 3.8) is 0 Å². The molecule has 0 saturated carbocycles. The third-order valence-corrected chi connectivity index (χ3v) is 11.2. The molecular formula is C46H86N4O5. The molecule has 0 amide bonds. The van der Waals surface area contributed by atoms with E-state index in [-0.39, 0.29) is 24.1 Å². The number of carbonyl (C=O) groups is 2. The van der Waals surface area contributed by atoms with E-state index in [0.717, 1.165) is 96.3 Å². The highest BCUT2D eigenvalue weighted by molar-refractivity contribution is 5.70. The second-order valence-corrected chi connectivity index (χ2v) is 16.4. The molecule has 55 heavy (non-hydrogen) atoms. The van der Waals surface area contributed by atoms with E-state index in [2.05, 4.69) is 48.8 Å². The van der Waals surface area contributed by atoms with Crippen LogP contribution in [0.2, 0.25) is 0 Å². The maximum absolute atomic E-state index is 13.4. The van der Waals surface area contributed by atoms with Crippen molar-refractivity contribution in [3.05, 3.63) is 18.0 Å². The number of esters is 2. The van der Waals surface area contributed by atoms with Gasteiger partial charge >= 0.3 is 11.9 Å². The molecule has 1 aliphatic rings. The van der Waals surface area contributed by atoms with Gasteiger partial charge in [0.05, 0.1) is 38.8 Å². The number of unbranched alkanes of at least 4 members (excludes halogenated alkanes) is 16. The summed E-state index contributed by atoms with van der Waals surface area (Å²) in [5.74, 6) is -0.238. The molecule has 0 bridgehead atoms. The predicted molar refractivity (Wildman–Crippen MR) is 227 cm³/mol. The predicted octanol–water partition coefficient (Wildman–Crippen LogP) is 11.1. The fourth-order valence-electron chi connectivity index (χ4n) is 7.62. The zero-order chi connectivity index (χ0) is 39.6. The molecule has 0 aromatic carbocycles. The minimum Gasteiger partial charge on any atom is -0.462 e. The van der Waals surface area contributed by atoms with E-state index in [1.54, 1.807) is 0 Å². The molecule has 9 nitrogen and oxygen atoms in total. The lowest BCUT2D eigenvalue weighted by molar-refractivity contribution is -0.150. The Bertz CT molecular complexity index is 995. The van der Waals surface area contributed by atoms with Crippen LogP contribution in [0, 0.1) is 0 Å². The van der Waals surface area contributed by atoms with E-state index in [4.69, 9.17) is 14.2 Å². The van der Waals surface area contributed by atoms with Gasteiger partial charge in [-0.05, 0) is 51.4 Å². The molecule has 2 heterocycles. The summed E-state index contributed by atoms with van der Waals surface area (Å²) in [5, 5.41) is 4.66. The molecule has 1 aromatic rings. The van der Waals surface area contributed by atoms with Crippen molar-refractivity contribution in [1.82, 2.24) is 19.6 Å². The zero-order valence-corrected chi connectivity index (χ0v) is 36.4. The van der Waals surface area contributed by atoms with Gasteiger partial charge in [0.2, 0.25) is 0 Å². The molecule has 2 unspecified atom stereocenters. The van der Waals surface area contributed by atoms with Crippen molar-refractivity contribution in [2.75, 3.05) is 45.9 Å². The lowest BCUT2D eigenvalue weighted by Crippen LogP contribution is -2.38. The summed E-state index contributed by atoms with van der Waals surface area (Å²) < 4.78 is 19.9. The Balaban J connectivity index is 2.00. The van der Waals surface area contributed by atoms with Crippen LogP contribution < -0.4 is 0 Å². The first-order chi connectivity index (χ1) is 27.0. The third-order valence-electron chi connectivity index (χ3n) is 11.2. The second kappa shape index (κ2) is 34.1. The van der Waals surface area contributed by atoms with Gasteiger partial charge in [-0.1, -0.05) is 130 Å². The molecule has 9 heteroatoms. The quantitative estimate of drug-likeness (QED) is 0.0488. The molecule has 1 aliphatic heterocycles. The number of hydrogen-bond donors (Lipinski definition) is 0. The average Bonchev–Trinajstić information content (AvgIpc) is 3.65. The summed E-state index contributed by atoms with van der Waals surface area (Å²) in [6.45, 7) is 16.0. The minimum atomic E-state index is -0.119. The number of nitrogens with zero attached hydrogens (tertiary/aromatic N) is 4. The van der Waals surface area contributed by atoms with Crippen LogP contribution in [0.4, 0.5) is 0 Å². The Morgan fingerprint density at radius 1 is 0.636 bits per heavy atom. The van der Waals surface area contributed by atoms with Gasteiger partial charge in [-0.15, -0.1) is 0 Å². The van der Waals surface area contributed by atoms with E-state index >= 15 is 0 Å². The summed E-state index contributed by atoms with van der Waals surface area (Å²) in [7, 11) is 0. The Labute approximate surface area is 338 Å². The zero-order valence-electron chi connectivity index (χ0n) is 36.4. The normalized spacial score (nSPS) is 14.7. The highest BCUT2D eigenvalue weighted by Crippen LogP contribution is 2.19. The average molecular weight is 775 g/mol. The van der Waals surface area contributed by atoms with E-state index in [1.807, 2.05) is 10.9 Å². The van der Waals surface area contributed by atoms with E-state index in [9.17, 15) is 9.59 Å². The van der Waals surface area contributed by atoms with Crippen LogP contribution in [0.1, 0.15) is 200 Å². The Kier molecular flexibility index (Phi) is 30.5. The van der Waals surface area contributed by atoms with Crippen LogP contribution in [0.5, 0.6) is 0 Å². The van der Waals surface area contributed by atoms with Crippen LogP contribution in [0.15, 0.2) is 12.4 Å². The van der Waals surface area contributed by atoms with Crippen molar-refractivity contribution in [1.29, 1.82) is 0 Å². The lowest BCUT2D eigenvalue weighted by atomic mass is 10.0. The van der Waals surface area contributed by atoms with Crippen molar-refractivity contribution in [2.45, 2.75) is 220 Å². The summed E-state index contributed by atoms with van der Waals surface area (Å²) in [6, 6.07) is 0. The molecule has 320 valence electrons. The number of rotatable bonds is 37. The largest absolute Gasteiger partial charge is 0.462 e. The van der Waals surface area contributed by atoms with Gasteiger partial charge in [0.1, 0.15) is 12.2 Å². The topological polar surface area (TPSA) is 86.1 Å². The van der Waals surface area contributed by atoms with Crippen molar-refractivity contribution in [2.24, 2.45) is 0 Å². The number of hydrogen-bond acceptors (Lipinski definition) is 8. The molecule has 1 aromatic heterocycles. The highest BCUT2D eigenvalue weighted by Gasteiger charge is 2.20. The van der Waals surface area contributed by atoms with Crippen LogP contribution in [0.25, 0.3) is 0 Å². The van der Waals surface area contributed by atoms with Gasteiger partial charge in [0.15, 0.2) is 0 Å². The van der Waals surface area contributed by atoms with Gasteiger partial charge < -0.3 is 14.2 Å². The first-order valence-corrected chi connectivity index (χ1v) is 23.4. The van der Waals surface area contributed by atoms with Crippen LogP contribution in [0.3, 0.4) is 0 Å². The van der Waals surface area contributed by atoms with Gasteiger partial charge in [-0.25, -0.2) is 0 Å². The molecule has 0 radical (unpaired) electrons. The van der Waals surface area contributed by atoms with Gasteiger partial charge in [-0.3, -0.25) is 24.1 Å². The molecule has 2 rings (SSSR count). The SMILES string of the molecule is CCCCCCCCC(CCCCCC)OC(=O)CCN(CCC(=O)OC(CCCCCC)CCCCCCCC)Cc1cnn(CCN2CCOCC2)c1. The van der Waals surface area contributed by atoms with Crippen LogP contribution in [-0.2, 0) is 36.9 Å². The summed E-state index contributed by atoms with van der Waals surface area (Å²) >= 11 is 0. The summed E-state index contributed by atoms with van der Waals surface area (Å²) in [4.78, 5) is 31.4. The van der Waals surface area contributed by atoms with E-state index in [0.29, 0.717) is 32.5 Å². The summed E-state index contributed by atoms with van der Waals surface area (Å²) in [5.41, 5.74) is 1.09. The smallest absolute Gasteiger partial charge is 0.307 e. The summed E-state index contributed by atoms with van der Waals surface area (Å²) in [6.07, 6.45) is 33.0. The molecule has 1 saturated heterocycles. The van der Waals surface area contributed by atoms with Crippen LogP contribution >= 0.6 is 0 Å². The molecule has 2 atom stereocenters. The van der Waals surface area contributed by atoms with Gasteiger partial charge in [0, 0.05) is 51.0 Å². The van der Waals surface area contributed by atoms with Gasteiger partial charge in [-0.2, -0.15) is 5.10 Å². The fourth-order valence-corrected chi connectivity index (χ4v) is 7.62. The molecular weight excluding hydrogens is 689 g/mol. The maximum atomic E-state index is 13.4. The minimum absolute atomic E-state index is 0.00422. The van der Waals surface area contributed by atoms with Crippen molar-refractivity contribution >= 4 is 11.9 Å². The Hall–Kier alpha value is -1.97. The number of morpholine rings is 1. The van der Waals surface area contributed by atoms with Crippen molar-refractivity contribution < 1.29 is 23.8 Å². The number of aromatic nitrogens is 2. The molecule has 0 aliphatic carbocycles. The lowest BCUT2D eigenvalue weighted by Gasteiger charge is -2.26. The number of carbonyl (C=O) groups excluding carboxylic acids is 2. The first-order valence-electron chi connectivity index (χ1n) is 23.4. The van der Waals surface area contributed by atoms with Crippen LogP contribution in [-0.4, -0.2) is 89.7 Å². The highest BCUT2D eigenvalue weighted by atomic mass is 16.5. The Morgan fingerprint density at radius 3 is 1.51 bits per heavy atom. The third kappa shape index (κ3) is 26.6. The molecule has 0 spiro atoms. The maximum Gasteiger partial charge on any atom is 0.307 e. The molecule has 0 N–H and O–H groups in total. The fraction of sp³-hybridized carbons (Fsp3) is 0.891. The number of ether oxygens (including phenoxy) is 3. The first kappa shape index (κ1) is 49.2. The van der Waals surface area contributed by atoms with Crippen molar-refractivity contribution in [3.8, 4) is 0 Å². The monoisotopic (exact) mass is 775 g/mol. The van der Waals surface area contributed by atoms with Gasteiger partial charge in [0.25, 0.3) is 0 Å². The second-order valence-electron chi connectivity index (χ2n) is 16.4. The van der Waals surface area contributed by atoms with E-state index < -0.39 is 0 Å². The standard InChI is InChI=1S/C46H86N4O5/c1-5-9-13-17-19-23-27-43(25-21-15-11-7-3)54-45(51)29-31-49(40-42-39-47-50(41-42)34-33-48-35-37-53-38-36-48)32-30-46(52)55-44(26-22-16-12-8-4)28-24-20-18-14-10-6-2/h39,41,43-44H,5-38,40H2,1-4H3. The van der Waals surface area contributed by atoms with E-state index in [1.165, 1.54) is 103 Å². The Morgan fingerprint density at radius 2 is 1.05 bits per heavy atom.